The summed E-state index contributed by atoms with van der Waals surface area (Å²) >= 11 is 0. The molecule has 7 heteroatoms. The molecule has 2 aromatic rings. The molecule has 1 fully saturated rings. The smallest absolute Gasteiger partial charge is 0.251 e. The Bertz CT molecular complexity index is 758. The maximum Gasteiger partial charge on any atom is 0.251 e. The average Bonchev–Trinajstić information content (AvgIpc) is 3.26. The topological polar surface area (TPSA) is 94.1 Å². The van der Waals surface area contributed by atoms with Gasteiger partial charge in [0.15, 0.2) is 0 Å². The predicted octanol–water partition coefficient (Wildman–Crippen LogP) is 1.72. The van der Waals surface area contributed by atoms with Crippen LogP contribution < -0.4 is 10.2 Å². The van der Waals surface area contributed by atoms with E-state index in [4.69, 9.17) is 0 Å². The van der Waals surface area contributed by atoms with Crippen LogP contribution >= 0.6 is 0 Å². The van der Waals surface area contributed by atoms with Gasteiger partial charge in [0.05, 0.1) is 6.10 Å². The van der Waals surface area contributed by atoms with Crippen molar-refractivity contribution in [2.24, 2.45) is 5.92 Å². The molecule has 1 heterocycles. The zero-order valence-corrected chi connectivity index (χ0v) is 15.6. The number of aryl methyl sites for hydroxylation is 1. The quantitative estimate of drug-likeness (QED) is 0.732. The molecule has 26 heavy (non-hydrogen) atoms. The maximum atomic E-state index is 12.5. The number of nitrogens with zero attached hydrogens (tertiary/aromatic N) is 3. The van der Waals surface area contributed by atoms with Gasteiger partial charge in [-0.3, -0.25) is 9.89 Å². The summed E-state index contributed by atoms with van der Waals surface area (Å²) in [4.78, 5) is 18.8. The SMILES string of the molecule is CCc1ccccc1C(=O)NC[C@H]1C[C@H](c2nc(N(C)C)n[nH]2)C[C@H]1O. The first-order valence-corrected chi connectivity index (χ1v) is 9.13. The third-order valence-electron chi connectivity index (χ3n) is 5.10. The fourth-order valence-corrected chi connectivity index (χ4v) is 3.56. The first-order chi connectivity index (χ1) is 12.5. The molecule has 0 aliphatic heterocycles. The van der Waals surface area contributed by atoms with Gasteiger partial charge in [0, 0.05) is 38.0 Å². The molecule has 1 amide bonds. The highest BCUT2D eigenvalue weighted by Gasteiger charge is 2.35. The van der Waals surface area contributed by atoms with Gasteiger partial charge in [0.2, 0.25) is 5.95 Å². The van der Waals surface area contributed by atoms with Gasteiger partial charge in [0.25, 0.3) is 5.91 Å². The summed E-state index contributed by atoms with van der Waals surface area (Å²) < 4.78 is 0. The highest BCUT2D eigenvalue weighted by molar-refractivity contribution is 5.95. The molecule has 1 aliphatic rings. The lowest BCUT2D eigenvalue weighted by Gasteiger charge is -2.16. The summed E-state index contributed by atoms with van der Waals surface area (Å²) in [6.45, 7) is 2.50. The van der Waals surface area contributed by atoms with Crippen LogP contribution in [0.1, 0.15) is 47.4 Å². The van der Waals surface area contributed by atoms with E-state index in [2.05, 4.69) is 20.5 Å². The summed E-state index contributed by atoms with van der Waals surface area (Å²) in [7, 11) is 3.78. The Morgan fingerprint density at radius 1 is 1.35 bits per heavy atom. The minimum atomic E-state index is -0.449. The van der Waals surface area contributed by atoms with Crippen molar-refractivity contribution in [1.82, 2.24) is 20.5 Å². The summed E-state index contributed by atoms with van der Waals surface area (Å²) in [5, 5.41) is 20.5. The Labute approximate surface area is 153 Å². The second kappa shape index (κ2) is 7.86. The van der Waals surface area contributed by atoms with Gasteiger partial charge in [-0.15, -0.1) is 5.10 Å². The molecular formula is C19H27N5O2. The Balaban J connectivity index is 1.59. The number of anilines is 1. The van der Waals surface area contributed by atoms with Crippen molar-refractivity contribution in [3.8, 4) is 0 Å². The second-order valence-corrected chi connectivity index (χ2v) is 7.13. The lowest BCUT2D eigenvalue weighted by molar-refractivity contribution is 0.0916. The molecule has 3 N–H and O–H groups in total. The van der Waals surface area contributed by atoms with E-state index >= 15 is 0 Å². The van der Waals surface area contributed by atoms with Crippen molar-refractivity contribution < 1.29 is 9.90 Å². The van der Waals surface area contributed by atoms with Crippen LogP contribution in [0.3, 0.4) is 0 Å². The molecule has 0 spiro atoms. The number of aromatic amines is 1. The van der Waals surface area contributed by atoms with Gasteiger partial charge in [0.1, 0.15) is 5.82 Å². The normalized spacial score (nSPS) is 22.4. The lowest BCUT2D eigenvalue weighted by atomic mass is 10.0. The number of H-pyrrole nitrogens is 1. The minimum Gasteiger partial charge on any atom is -0.393 e. The molecule has 0 bridgehead atoms. The Morgan fingerprint density at radius 3 is 2.81 bits per heavy atom. The highest BCUT2D eigenvalue weighted by atomic mass is 16.3. The number of hydrogen-bond acceptors (Lipinski definition) is 5. The van der Waals surface area contributed by atoms with Crippen molar-refractivity contribution in [3.05, 3.63) is 41.2 Å². The van der Waals surface area contributed by atoms with Gasteiger partial charge < -0.3 is 15.3 Å². The van der Waals surface area contributed by atoms with Crippen LogP contribution in [0.15, 0.2) is 24.3 Å². The molecule has 1 aromatic carbocycles. The Hall–Kier alpha value is -2.41. The summed E-state index contributed by atoms with van der Waals surface area (Å²) in [6.07, 6.45) is 1.78. The highest BCUT2D eigenvalue weighted by Crippen LogP contribution is 2.37. The molecule has 1 saturated carbocycles. The van der Waals surface area contributed by atoms with Gasteiger partial charge >= 0.3 is 0 Å². The van der Waals surface area contributed by atoms with Gasteiger partial charge in [-0.2, -0.15) is 4.98 Å². The van der Waals surface area contributed by atoms with Crippen LogP contribution in [0, 0.1) is 5.92 Å². The van der Waals surface area contributed by atoms with Crippen LogP contribution in [0.4, 0.5) is 5.95 Å². The lowest BCUT2D eigenvalue weighted by Crippen LogP contribution is -2.32. The monoisotopic (exact) mass is 357 g/mol. The minimum absolute atomic E-state index is 0.0191. The number of aliphatic hydroxyl groups excluding tert-OH is 1. The predicted molar refractivity (Wildman–Crippen MR) is 100 cm³/mol. The molecule has 1 aromatic heterocycles. The number of carbonyl (C=O) groups is 1. The van der Waals surface area contributed by atoms with E-state index in [1.54, 1.807) is 0 Å². The zero-order chi connectivity index (χ0) is 18.7. The molecule has 0 radical (unpaired) electrons. The number of rotatable bonds is 6. The summed E-state index contributed by atoms with van der Waals surface area (Å²) in [6, 6.07) is 7.64. The van der Waals surface area contributed by atoms with Crippen LogP contribution in [-0.2, 0) is 6.42 Å². The third kappa shape index (κ3) is 3.88. The number of benzene rings is 1. The standard InChI is InChI=1S/C19H27N5O2/c1-4-12-7-5-6-8-15(12)18(26)20-11-14-9-13(10-16(14)25)17-21-19(23-22-17)24(2)3/h5-8,13-14,16,25H,4,9-11H2,1-3H3,(H,20,26)(H,21,22,23)/t13-,14+,16+/m0/s1. The molecule has 3 rings (SSSR count). The Kier molecular flexibility index (Phi) is 5.56. The van der Waals surface area contributed by atoms with E-state index in [0.29, 0.717) is 24.5 Å². The first-order valence-electron chi connectivity index (χ1n) is 9.13. The van der Waals surface area contributed by atoms with E-state index in [0.717, 1.165) is 24.2 Å². The number of aliphatic hydroxyl groups is 1. The number of nitrogens with one attached hydrogen (secondary N) is 2. The first kappa shape index (κ1) is 18.4. The number of carbonyl (C=O) groups excluding carboxylic acids is 1. The van der Waals surface area contributed by atoms with Crippen LogP contribution in [0.25, 0.3) is 0 Å². The van der Waals surface area contributed by atoms with Crippen molar-refractivity contribution >= 4 is 11.9 Å². The molecule has 0 saturated heterocycles. The Morgan fingerprint density at radius 2 is 2.12 bits per heavy atom. The molecule has 0 unspecified atom stereocenters. The largest absolute Gasteiger partial charge is 0.393 e. The van der Waals surface area contributed by atoms with E-state index in [1.807, 2.05) is 50.2 Å². The van der Waals surface area contributed by atoms with Gasteiger partial charge in [-0.05, 0) is 30.9 Å². The van der Waals surface area contributed by atoms with E-state index < -0.39 is 6.10 Å². The van der Waals surface area contributed by atoms with Gasteiger partial charge in [-0.25, -0.2) is 0 Å². The van der Waals surface area contributed by atoms with Crippen molar-refractivity contribution in [3.63, 3.8) is 0 Å². The summed E-state index contributed by atoms with van der Waals surface area (Å²) in [5.74, 6) is 1.52. The van der Waals surface area contributed by atoms with Crippen LogP contribution in [0.2, 0.25) is 0 Å². The van der Waals surface area contributed by atoms with Crippen molar-refractivity contribution in [1.29, 1.82) is 0 Å². The van der Waals surface area contributed by atoms with Crippen molar-refractivity contribution in [2.45, 2.75) is 38.2 Å². The second-order valence-electron chi connectivity index (χ2n) is 7.13. The number of hydrogen-bond donors (Lipinski definition) is 3. The molecule has 1 aliphatic carbocycles. The van der Waals surface area contributed by atoms with Crippen LogP contribution in [-0.4, -0.2) is 52.9 Å². The molecular weight excluding hydrogens is 330 g/mol. The number of amides is 1. The van der Waals surface area contributed by atoms with Crippen LogP contribution in [0.5, 0.6) is 0 Å². The maximum absolute atomic E-state index is 12.5. The zero-order valence-electron chi connectivity index (χ0n) is 15.6. The van der Waals surface area contributed by atoms with Crippen molar-refractivity contribution in [2.75, 3.05) is 25.5 Å². The van der Waals surface area contributed by atoms with Gasteiger partial charge in [-0.1, -0.05) is 25.1 Å². The fourth-order valence-electron chi connectivity index (χ4n) is 3.56. The van der Waals surface area contributed by atoms with E-state index in [9.17, 15) is 9.90 Å². The number of aromatic nitrogens is 3. The van der Waals surface area contributed by atoms with E-state index in [1.165, 1.54) is 0 Å². The summed E-state index contributed by atoms with van der Waals surface area (Å²) in [5.41, 5.74) is 1.75. The molecule has 3 atom stereocenters. The fraction of sp³-hybridized carbons (Fsp3) is 0.526. The third-order valence-corrected chi connectivity index (χ3v) is 5.10. The average molecular weight is 357 g/mol. The molecule has 7 nitrogen and oxygen atoms in total. The molecule has 140 valence electrons. The van der Waals surface area contributed by atoms with E-state index in [-0.39, 0.29) is 17.7 Å².